The first-order valence-corrected chi connectivity index (χ1v) is 12.1. The van der Waals surface area contributed by atoms with Crippen molar-refractivity contribution in [2.45, 2.75) is 19.6 Å². The number of halogens is 2. The molecule has 1 atom stereocenters. The average molecular weight is 548 g/mol. The van der Waals surface area contributed by atoms with E-state index in [-0.39, 0.29) is 18.7 Å². The highest BCUT2D eigenvalue weighted by atomic mass is 79.9. The minimum atomic E-state index is -0.386. The van der Waals surface area contributed by atoms with Gasteiger partial charge in [0.05, 0.1) is 18.9 Å². The summed E-state index contributed by atoms with van der Waals surface area (Å²) in [5.74, 6) is 1.21. The molecular formula is C26H31BrFN3O4. The summed E-state index contributed by atoms with van der Waals surface area (Å²) in [6, 6.07) is 10.6. The molecule has 35 heavy (non-hydrogen) atoms. The molecule has 0 amide bonds. The van der Waals surface area contributed by atoms with Crippen molar-refractivity contribution in [1.29, 1.82) is 0 Å². The third kappa shape index (κ3) is 8.52. The number of hydrogen-bond donors (Lipinski definition) is 3. The third-order valence-corrected chi connectivity index (χ3v) is 5.66. The second-order valence-corrected chi connectivity index (χ2v) is 8.80. The molecule has 7 nitrogen and oxygen atoms in total. The van der Waals surface area contributed by atoms with Crippen LogP contribution in [-0.4, -0.2) is 49.1 Å². The Morgan fingerprint density at radius 3 is 2.83 bits per heavy atom. The molecule has 9 heteroatoms. The Morgan fingerprint density at radius 1 is 1.23 bits per heavy atom. The van der Waals surface area contributed by atoms with E-state index in [2.05, 4.69) is 21.2 Å². The zero-order valence-electron chi connectivity index (χ0n) is 19.6. The SMILES string of the molecule is Cc1cc(OCC2=COC(/C=C/c3ccc(Br)cc3F)N2)ccc1OCCCN(/C=C\N)CCO. The summed E-state index contributed by atoms with van der Waals surface area (Å²) in [6.07, 6.45) is 8.67. The molecule has 0 saturated heterocycles. The zero-order valence-corrected chi connectivity index (χ0v) is 21.2. The van der Waals surface area contributed by atoms with Gasteiger partial charge in [0, 0.05) is 35.5 Å². The molecule has 0 aromatic heterocycles. The second-order valence-electron chi connectivity index (χ2n) is 7.89. The predicted octanol–water partition coefficient (Wildman–Crippen LogP) is 4.27. The van der Waals surface area contributed by atoms with Gasteiger partial charge < -0.3 is 35.3 Å². The zero-order chi connectivity index (χ0) is 25.0. The first-order chi connectivity index (χ1) is 17.0. The maximum Gasteiger partial charge on any atom is 0.188 e. The molecule has 3 rings (SSSR count). The molecule has 0 spiro atoms. The van der Waals surface area contributed by atoms with Crippen LogP contribution in [0.15, 0.2) is 71.3 Å². The molecule has 1 aliphatic rings. The Kier molecular flexibility index (Phi) is 10.3. The standard InChI is InChI=1S/C26H31BrFN3O4/c1-19-15-23(6-7-25(19)33-14-2-10-31(11-9-29)12-13-32)34-17-22-18-35-26(30-22)8-4-20-3-5-21(27)16-24(20)28/h3-9,11,15-16,18,26,30,32H,2,10,12-14,17,29H2,1H3/b8-4+,11-9-. The van der Waals surface area contributed by atoms with E-state index in [9.17, 15) is 4.39 Å². The van der Waals surface area contributed by atoms with Gasteiger partial charge in [0.25, 0.3) is 0 Å². The normalized spacial score (nSPS) is 15.2. The Morgan fingerprint density at radius 2 is 2.09 bits per heavy atom. The largest absolute Gasteiger partial charge is 0.493 e. The van der Waals surface area contributed by atoms with Crippen LogP contribution < -0.4 is 20.5 Å². The van der Waals surface area contributed by atoms with Crippen LogP contribution in [0.25, 0.3) is 6.08 Å². The molecule has 188 valence electrons. The van der Waals surface area contributed by atoms with Crippen LogP contribution in [0.4, 0.5) is 4.39 Å². The minimum Gasteiger partial charge on any atom is -0.493 e. The summed E-state index contributed by atoms with van der Waals surface area (Å²) in [5, 5.41) is 12.3. The summed E-state index contributed by atoms with van der Waals surface area (Å²) in [6.45, 7) is 4.19. The molecule has 1 aliphatic heterocycles. The van der Waals surface area contributed by atoms with Crippen LogP contribution >= 0.6 is 15.9 Å². The smallest absolute Gasteiger partial charge is 0.188 e. The number of benzene rings is 2. The van der Waals surface area contributed by atoms with Gasteiger partial charge in [-0.15, -0.1) is 0 Å². The maximum absolute atomic E-state index is 13.9. The van der Waals surface area contributed by atoms with E-state index in [0.29, 0.717) is 29.8 Å². The monoisotopic (exact) mass is 547 g/mol. The van der Waals surface area contributed by atoms with E-state index in [1.165, 1.54) is 12.3 Å². The summed E-state index contributed by atoms with van der Waals surface area (Å²) in [7, 11) is 0. The predicted molar refractivity (Wildman–Crippen MR) is 138 cm³/mol. The van der Waals surface area contributed by atoms with Crippen molar-refractivity contribution in [3.63, 3.8) is 0 Å². The topological polar surface area (TPSA) is 89.2 Å². The van der Waals surface area contributed by atoms with Crippen molar-refractivity contribution < 1.29 is 23.7 Å². The number of nitrogens with one attached hydrogen (secondary N) is 1. The van der Waals surface area contributed by atoms with E-state index in [1.807, 2.05) is 30.0 Å². The molecule has 1 unspecified atom stereocenters. The molecule has 0 radical (unpaired) electrons. The highest BCUT2D eigenvalue weighted by molar-refractivity contribution is 9.10. The van der Waals surface area contributed by atoms with Gasteiger partial charge in [-0.2, -0.15) is 0 Å². The van der Waals surface area contributed by atoms with Crippen LogP contribution in [-0.2, 0) is 4.74 Å². The van der Waals surface area contributed by atoms with Crippen LogP contribution in [0, 0.1) is 12.7 Å². The third-order valence-electron chi connectivity index (χ3n) is 5.17. The molecule has 4 N–H and O–H groups in total. The average Bonchev–Trinajstić information content (AvgIpc) is 3.29. The van der Waals surface area contributed by atoms with Crippen molar-refractivity contribution in [2.24, 2.45) is 5.73 Å². The van der Waals surface area contributed by atoms with Crippen LogP contribution in [0.1, 0.15) is 17.5 Å². The van der Waals surface area contributed by atoms with Crippen LogP contribution in [0.2, 0.25) is 0 Å². The lowest BCUT2D eigenvalue weighted by Crippen LogP contribution is -2.24. The lowest BCUT2D eigenvalue weighted by molar-refractivity contribution is 0.197. The van der Waals surface area contributed by atoms with E-state index in [0.717, 1.165) is 35.7 Å². The number of aliphatic hydroxyl groups excluding tert-OH is 1. The fourth-order valence-electron chi connectivity index (χ4n) is 3.40. The first-order valence-electron chi connectivity index (χ1n) is 11.3. The Labute approximate surface area is 213 Å². The molecular weight excluding hydrogens is 517 g/mol. The van der Waals surface area contributed by atoms with Gasteiger partial charge in [-0.25, -0.2) is 4.39 Å². The lowest BCUT2D eigenvalue weighted by atomic mass is 10.2. The van der Waals surface area contributed by atoms with Crippen molar-refractivity contribution in [2.75, 3.05) is 32.9 Å². The van der Waals surface area contributed by atoms with Gasteiger partial charge in [0.1, 0.15) is 30.2 Å². The summed E-state index contributed by atoms with van der Waals surface area (Å²) in [4.78, 5) is 1.95. The van der Waals surface area contributed by atoms with Crippen molar-refractivity contribution in [3.8, 4) is 11.5 Å². The van der Waals surface area contributed by atoms with E-state index in [4.69, 9.17) is 25.1 Å². The van der Waals surface area contributed by atoms with Gasteiger partial charge in [-0.05, 0) is 55.3 Å². The molecule has 0 saturated carbocycles. The van der Waals surface area contributed by atoms with Gasteiger partial charge in [0.15, 0.2) is 6.23 Å². The van der Waals surface area contributed by atoms with E-state index in [1.54, 1.807) is 36.7 Å². The van der Waals surface area contributed by atoms with E-state index < -0.39 is 0 Å². The molecule has 0 bridgehead atoms. The van der Waals surface area contributed by atoms with Crippen molar-refractivity contribution >= 4 is 22.0 Å². The maximum atomic E-state index is 13.9. The number of nitrogens with zero attached hydrogens (tertiary/aromatic N) is 1. The van der Waals surface area contributed by atoms with Gasteiger partial charge in [0.2, 0.25) is 0 Å². The fraction of sp³-hybridized carbons (Fsp3) is 0.308. The van der Waals surface area contributed by atoms with Crippen molar-refractivity contribution in [3.05, 3.63) is 88.3 Å². The second kappa shape index (κ2) is 13.7. The minimum absolute atomic E-state index is 0.0770. The summed E-state index contributed by atoms with van der Waals surface area (Å²) >= 11 is 3.25. The number of ether oxygens (including phenoxy) is 3. The van der Waals surface area contributed by atoms with Gasteiger partial charge in [-0.3, -0.25) is 0 Å². The van der Waals surface area contributed by atoms with Crippen LogP contribution in [0.5, 0.6) is 11.5 Å². The Hall–Kier alpha value is -3.17. The number of hydrogen-bond acceptors (Lipinski definition) is 7. The van der Waals surface area contributed by atoms with Gasteiger partial charge in [-0.1, -0.05) is 28.1 Å². The summed E-state index contributed by atoms with van der Waals surface area (Å²) in [5.41, 5.74) is 7.67. The molecule has 0 aliphatic carbocycles. The van der Waals surface area contributed by atoms with E-state index >= 15 is 0 Å². The van der Waals surface area contributed by atoms with Crippen LogP contribution in [0.3, 0.4) is 0 Å². The summed E-state index contributed by atoms with van der Waals surface area (Å²) < 4.78 is 32.0. The lowest BCUT2D eigenvalue weighted by Gasteiger charge is -2.19. The highest BCUT2D eigenvalue weighted by Crippen LogP contribution is 2.24. The fourth-order valence-corrected chi connectivity index (χ4v) is 3.73. The van der Waals surface area contributed by atoms with Crippen molar-refractivity contribution in [1.82, 2.24) is 10.2 Å². The number of aryl methyl sites for hydroxylation is 1. The Bertz CT molecular complexity index is 1060. The number of aliphatic hydroxyl groups is 1. The molecule has 2 aromatic carbocycles. The first kappa shape index (κ1) is 26.4. The Balaban J connectivity index is 1.41. The number of nitrogens with two attached hydrogens (primary N) is 1. The molecule has 0 fully saturated rings. The quantitative estimate of drug-likeness (QED) is 0.322. The molecule has 2 aromatic rings. The van der Waals surface area contributed by atoms with Gasteiger partial charge >= 0.3 is 0 Å². The molecule has 1 heterocycles. The number of rotatable bonds is 13. The highest BCUT2D eigenvalue weighted by Gasteiger charge is 2.15.